The zero-order valence-corrected chi connectivity index (χ0v) is 13.2. The maximum absolute atomic E-state index is 14.7. The number of nitrogens with zero attached hydrogens (tertiary/aromatic N) is 2. The molecule has 0 unspecified atom stereocenters. The molecule has 2 rings (SSSR count). The van der Waals surface area contributed by atoms with Crippen LogP contribution < -0.4 is 0 Å². The molecule has 0 saturated heterocycles. The van der Waals surface area contributed by atoms with Crippen LogP contribution in [-0.2, 0) is 17.3 Å². The first-order valence-corrected chi connectivity index (χ1v) is 7.30. The summed E-state index contributed by atoms with van der Waals surface area (Å²) in [5.41, 5.74) is 0.739. The Morgan fingerprint density at radius 2 is 1.61 bits per heavy atom. The van der Waals surface area contributed by atoms with Gasteiger partial charge in [0.15, 0.2) is 6.10 Å². The number of hydrogen-bond donors (Lipinski definition) is 0. The van der Waals surface area contributed by atoms with E-state index in [9.17, 15) is 8.78 Å². The maximum atomic E-state index is 14.7. The molecule has 0 spiro atoms. The quantitative estimate of drug-likeness (QED) is 0.571. The third kappa shape index (κ3) is 4.86. The third-order valence-corrected chi connectivity index (χ3v) is 3.22. The van der Waals surface area contributed by atoms with Gasteiger partial charge in [0.1, 0.15) is 0 Å². The van der Waals surface area contributed by atoms with Crippen molar-refractivity contribution in [1.29, 1.82) is 0 Å². The van der Waals surface area contributed by atoms with Crippen molar-refractivity contribution in [3.8, 4) is 0 Å². The van der Waals surface area contributed by atoms with E-state index in [1.807, 2.05) is 30.3 Å². The van der Waals surface area contributed by atoms with Crippen LogP contribution in [0.15, 0.2) is 65.8 Å². The fourth-order valence-electron chi connectivity index (χ4n) is 2.02. The molecule has 0 heterocycles. The summed E-state index contributed by atoms with van der Waals surface area (Å²) in [7, 11) is 3.34. The average molecular weight is 318 g/mol. The van der Waals surface area contributed by atoms with Gasteiger partial charge in [-0.3, -0.25) is 0 Å². The minimum absolute atomic E-state index is 0.0907. The van der Waals surface area contributed by atoms with Crippen LogP contribution in [0, 0.1) is 0 Å². The maximum Gasteiger partial charge on any atom is 0.303 e. The van der Waals surface area contributed by atoms with Gasteiger partial charge in [0, 0.05) is 19.7 Å². The van der Waals surface area contributed by atoms with Gasteiger partial charge < -0.3 is 9.75 Å². The summed E-state index contributed by atoms with van der Waals surface area (Å²) < 4.78 is 34.9. The Morgan fingerprint density at radius 3 is 2.17 bits per heavy atom. The smallest absolute Gasteiger partial charge is 0.303 e. The molecule has 0 saturated carbocycles. The highest BCUT2D eigenvalue weighted by Gasteiger charge is 2.41. The van der Waals surface area contributed by atoms with Crippen molar-refractivity contribution in [3.63, 3.8) is 0 Å². The van der Waals surface area contributed by atoms with Crippen molar-refractivity contribution in [3.05, 3.63) is 71.8 Å². The fraction of sp³-hybridized carbons (Fsp3) is 0.278. The third-order valence-electron chi connectivity index (χ3n) is 3.22. The number of ether oxygens (including phenoxy) is 1. The molecule has 0 aromatic heterocycles. The van der Waals surface area contributed by atoms with Gasteiger partial charge in [-0.1, -0.05) is 60.7 Å². The van der Waals surface area contributed by atoms with Gasteiger partial charge in [0.2, 0.25) is 0 Å². The molecule has 0 radical (unpaired) electrons. The molecule has 0 aliphatic carbocycles. The lowest BCUT2D eigenvalue weighted by atomic mass is 10.0. The van der Waals surface area contributed by atoms with E-state index in [2.05, 4.69) is 5.10 Å². The van der Waals surface area contributed by atoms with E-state index in [0.717, 1.165) is 11.8 Å². The van der Waals surface area contributed by atoms with Gasteiger partial charge in [-0.25, -0.2) is 0 Å². The van der Waals surface area contributed by atoms with Gasteiger partial charge in [-0.05, 0) is 5.56 Å². The van der Waals surface area contributed by atoms with Crippen LogP contribution >= 0.6 is 0 Å². The highest BCUT2D eigenvalue weighted by atomic mass is 19.3. The Bertz CT molecular complexity index is 615. The zero-order valence-electron chi connectivity index (χ0n) is 13.2. The number of alkyl halides is 2. The highest BCUT2D eigenvalue weighted by Crippen LogP contribution is 2.33. The molecule has 0 bridgehead atoms. The summed E-state index contributed by atoms with van der Waals surface area (Å²) in [6, 6.07) is 16.9. The van der Waals surface area contributed by atoms with E-state index in [-0.39, 0.29) is 12.2 Å². The van der Waals surface area contributed by atoms with Gasteiger partial charge >= 0.3 is 5.92 Å². The van der Waals surface area contributed by atoms with Crippen molar-refractivity contribution in [2.24, 2.45) is 5.10 Å². The second kappa shape index (κ2) is 7.83. The fourth-order valence-corrected chi connectivity index (χ4v) is 2.02. The molecular formula is C18H20F2N2O. The first kappa shape index (κ1) is 17.1. The predicted molar refractivity (Wildman–Crippen MR) is 87.5 cm³/mol. The molecule has 2 aromatic rings. The van der Waals surface area contributed by atoms with Gasteiger partial charge in [-0.15, -0.1) is 0 Å². The monoisotopic (exact) mass is 318 g/mol. The van der Waals surface area contributed by atoms with E-state index in [4.69, 9.17) is 4.74 Å². The number of hydrogen-bond acceptors (Lipinski definition) is 3. The molecule has 0 fully saturated rings. The molecule has 3 nitrogen and oxygen atoms in total. The molecule has 5 heteroatoms. The number of benzene rings is 2. The SMILES string of the molecule is CN(C)/N=C/[C@@H](OCc1ccccc1)C(F)(F)c1ccccc1. The minimum atomic E-state index is -3.17. The van der Waals surface area contributed by atoms with E-state index < -0.39 is 12.0 Å². The lowest BCUT2D eigenvalue weighted by molar-refractivity contribution is -0.116. The van der Waals surface area contributed by atoms with Crippen LogP contribution in [0.25, 0.3) is 0 Å². The van der Waals surface area contributed by atoms with Crippen molar-refractivity contribution in [2.45, 2.75) is 18.6 Å². The van der Waals surface area contributed by atoms with Crippen molar-refractivity contribution >= 4 is 6.21 Å². The van der Waals surface area contributed by atoms with Crippen molar-refractivity contribution in [1.82, 2.24) is 5.01 Å². The van der Waals surface area contributed by atoms with Gasteiger partial charge in [0.05, 0.1) is 12.8 Å². The average Bonchev–Trinajstić information content (AvgIpc) is 2.56. The zero-order chi connectivity index (χ0) is 16.7. The Balaban J connectivity index is 2.19. The summed E-state index contributed by atoms with van der Waals surface area (Å²) in [5.74, 6) is -3.17. The molecule has 0 aliphatic heterocycles. The normalized spacial score (nSPS) is 13.2. The largest absolute Gasteiger partial charge is 0.361 e. The Kier molecular flexibility index (Phi) is 5.82. The summed E-state index contributed by atoms with van der Waals surface area (Å²) in [4.78, 5) is 0. The Labute approximate surface area is 135 Å². The molecule has 0 N–H and O–H groups in total. The molecule has 2 aromatic carbocycles. The van der Waals surface area contributed by atoms with Crippen molar-refractivity contribution < 1.29 is 13.5 Å². The summed E-state index contributed by atoms with van der Waals surface area (Å²) in [6.45, 7) is 0.0907. The van der Waals surface area contributed by atoms with E-state index >= 15 is 0 Å². The van der Waals surface area contributed by atoms with E-state index in [0.29, 0.717) is 0 Å². The summed E-state index contributed by atoms with van der Waals surface area (Å²) in [5, 5.41) is 5.39. The standard InChI is InChI=1S/C18H20F2N2O/c1-22(2)21-13-17(23-14-15-9-5-3-6-10-15)18(19,20)16-11-7-4-8-12-16/h3-13,17H,14H2,1-2H3/b21-13+/t17-/m1/s1. The van der Waals surface area contributed by atoms with E-state index in [1.54, 1.807) is 32.3 Å². The Morgan fingerprint density at radius 1 is 1.04 bits per heavy atom. The van der Waals surface area contributed by atoms with Crippen molar-refractivity contribution in [2.75, 3.05) is 14.1 Å². The number of rotatable bonds is 7. The topological polar surface area (TPSA) is 24.8 Å². The molecule has 122 valence electrons. The molecule has 0 amide bonds. The van der Waals surface area contributed by atoms with Gasteiger partial charge in [-0.2, -0.15) is 13.9 Å². The second-order valence-corrected chi connectivity index (χ2v) is 5.32. The first-order chi connectivity index (χ1) is 11.0. The lowest BCUT2D eigenvalue weighted by Gasteiger charge is -2.25. The Hall–Kier alpha value is -2.27. The molecular weight excluding hydrogens is 298 g/mol. The van der Waals surface area contributed by atoms with E-state index in [1.165, 1.54) is 17.1 Å². The van der Waals surface area contributed by atoms with Crippen LogP contribution in [0.1, 0.15) is 11.1 Å². The van der Waals surface area contributed by atoms with Crippen LogP contribution in [0.4, 0.5) is 8.78 Å². The molecule has 23 heavy (non-hydrogen) atoms. The molecule has 1 atom stereocenters. The first-order valence-electron chi connectivity index (χ1n) is 7.30. The predicted octanol–water partition coefficient (Wildman–Crippen LogP) is 3.91. The van der Waals surface area contributed by atoms with Crippen LogP contribution in [0.5, 0.6) is 0 Å². The summed E-state index contributed by atoms with van der Waals surface area (Å²) >= 11 is 0. The summed E-state index contributed by atoms with van der Waals surface area (Å²) in [6.07, 6.45) is -0.303. The van der Waals surface area contributed by atoms with Crippen LogP contribution in [0.3, 0.4) is 0 Å². The van der Waals surface area contributed by atoms with Gasteiger partial charge in [0.25, 0.3) is 0 Å². The van der Waals surface area contributed by atoms with Crippen LogP contribution in [-0.4, -0.2) is 31.4 Å². The minimum Gasteiger partial charge on any atom is -0.361 e. The number of halogens is 2. The second-order valence-electron chi connectivity index (χ2n) is 5.32. The highest BCUT2D eigenvalue weighted by molar-refractivity contribution is 5.65. The molecule has 0 aliphatic rings. The lowest BCUT2D eigenvalue weighted by Crippen LogP contribution is -2.35. The number of hydrazone groups is 1. The van der Waals surface area contributed by atoms with Crippen LogP contribution in [0.2, 0.25) is 0 Å².